The van der Waals surface area contributed by atoms with Crippen molar-refractivity contribution in [1.82, 2.24) is 0 Å². The van der Waals surface area contributed by atoms with Crippen molar-refractivity contribution in [1.29, 1.82) is 0 Å². The van der Waals surface area contributed by atoms with E-state index in [0.717, 1.165) is 17.9 Å². The molecule has 1 amide bonds. The zero-order valence-corrected chi connectivity index (χ0v) is 6.00. The maximum Gasteiger partial charge on any atom is 0.213 e. The van der Waals surface area contributed by atoms with Gasteiger partial charge >= 0.3 is 0 Å². The van der Waals surface area contributed by atoms with E-state index in [2.05, 4.69) is 0 Å². The standard InChI is InChI=1S/C7H9NO2/c1-6-3-7(4-10-6)8(2)5-9/h3-5H,1-2H3. The molecule has 0 fully saturated rings. The molecule has 54 valence electrons. The van der Waals surface area contributed by atoms with Gasteiger partial charge < -0.3 is 9.32 Å². The Morgan fingerprint density at radius 2 is 2.40 bits per heavy atom. The molecule has 0 atom stereocenters. The third-order valence-electron chi connectivity index (χ3n) is 1.28. The van der Waals surface area contributed by atoms with Crippen LogP contribution in [0.1, 0.15) is 5.76 Å². The first-order valence-corrected chi connectivity index (χ1v) is 2.97. The molecule has 0 aliphatic rings. The fraction of sp³-hybridized carbons (Fsp3) is 0.286. The van der Waals surface area contributed by atoms with Crippen LogP contribution in [0.3, 0.4) is 0 Å². The third-order valence-corrected chi connectivity index (χ3v) is 1.28. The second-order valence-electron chi connectivity index (χ2n) is 2.13. The highest BCUT2D eigenvalue weighted by Gasteiger charge is 2.00. The van der Waals surface area contributed by atoms with E-state index in [4.69, 9.17) is 4.42 Å². The van der Waals surface area contributed by atoms with E-state index in [1.807, 2.05) is 6.92 Å². The van der Waals surface area contributed by atoms with Crippen LogP contribution in [0.5, 0.6) is 0 Å². The van der Waals surface area contributed by atoms with E-state index >= 15 is 0 Å². The van der Waals surface area contributed by atoms with Gasteiger partial charge in [0.1, 0.15) is 12.0 Å². The van der Waals surface area contributed by atoms with Crippen molar-refractivity contribution in [3.05, 3.63) is 18.1 Å². The third kappa shape index (κ3) is 1.18. The maximum absolute atomic E-state index is 10.2. The second kappa shape index (κ2) is 2.56. The normalized spacial score (nSPS) is 9.40. The van der Waals surface area contributed by atoms with Gasteiger partial charge in [0.2, 0.25) is 6.41 Å². The molecule has 0 aliphatic heterocycles. The largest absolute Gasteiger partial charge is 0.467 e. The number of hydrogen-bond acceptors (Lipinski definition) is 2. The highest BCUT2D eigenvalue weighted by molar-refractivity contribution is 5.73. The summed E-state index contributed by atoms with van der Waals surface area (Å²) in [5.74, 6) is 0.809. The zero-order valence-electron chi connectivity index (χ0n) is 6.00. The zero-order chi connectivity index (χ0) is 7.56. The Balaban J connectivity index is 2.84. The van der Waals surface area contributed by atoms with Crippen LogP contribution < -0.4 is 4.90 Å². The number of nitrogens with zero attached hydrogens (tertiary/aromatic N) is 1. The van der Waals surface area contributed by atoms with Crippen LogP contribution in [0.25, 0.3) is 0 Å². The second-order valence-corrected chi connectivity index (χ2v) is 2.13. The Bertz CT molecular complexity index is 229. The van der Waals surface area contributed by atoms with Gasteiger partial charge in [0.15, 0.2) is 0 Å². The number of anilines is 1. The van der Waals surface area contributed by atoms with Crippen LogP contribution in [-0.2, 0) is 4.79 Å². The first-order chi connectivity index (χ1) is 4.74. The van der Waals surface area contributed by atoms with Crippen LogP contribution in [0.2, 0.25) is 0 Å². The number of carbonyl (C=O) groups is 1. The topological polar surface area (TPSA) is 33.5 Å². The molecule has 3 heteroatoms. The SMILES string of the molecule is Cc1cc(N(C)C=O)co1. The summed E-state index contributed by atoms with van der Waals surface area (Å²) in [6, 6.07) is 1.80. The van der Waals surface area contributed by atoms with Crippen LogP contribution in [0.4, 0.5) is 5.69 Å². The average Bonchev–Trinajstić information content (AvgIpc) is 2.34. The summed E-state index contributed by atoms with van der Waals surface area (Å²) < 4.78 is 4.99. The molecular weight excluding hydrogens is 130 g/mol. The van der Waals surface area contributed by atoms with Gasteiger partial charge in [-0.25, -0.2) is 0 Å². The molecule has 1 aromatic heterocycles. The fourth-order valence-corrected chi connectivity index (χ4v) is 0.675. The predicted molar refractivity (Wildman–Crippen MR) is 37.9 cm³/mol. The van der Waals surface area contributed by atoms with E-state index in [9.17, 15) is 4.79 Å². The van der Waals surface area contributed by atoms with Crippen molar-refractivity contribution >= 4 is 12.1 Å². The Hall–Kier alpha value is -1.25. The molecule has 3 nitrogen and oxygen atoms in total. The summed E-state index contributed by atoms with van der Waals surface area (Å²) in [4.78, 5) is 11.7. The average molecular weight is 139 g/mol. The van der Waals surface area contributed by atoms with Crippen LogP contribution in [0.15, 0.2) is 16.7 Å². The summed E-state index contributed by atoms with van der Waals surface area (Å²) >= 11 is 0. The number of furan rings is 1. The number of hydrogen-bond donors (Lipinski definition) is 0. The van der Waals surface area contributed by atoms with Gasteiger partial charge in [-0.15, -0.1) is 0 Å². The molecule has 0 aromatic carbocycles. The van der Waals surface area contributed by atoms with Crippen molar-refractivity contribution < 1.29 is 9.21 Å². The van der Waals surface area contributed by atoms with Crippen molar-refractivity contribution in [3.63, 3.8) is 0 Å². The molecule has 10 heavy (non-hydrogen) atoms. The number of amides is 1. The lowest BCUT2D eigenvalue weighted by Crippen LogP contribution is -2.12. The molecular formula is C7H9NO2. The fourth-order valence-electron chi connectivity index (χ4n) is 0.675. The molecule has 1 aromatic rings. The highest BCUT2D eigenvalue weighted by Crippen LogP contribution is 2.14. The Kier molecular flexibility index (Phi) is 1.76. The molecule has 0 N–H and O–H groups in total. The van der Waals surface area contributed by atoms with E-state index in [-0.39, 0.29) is 0 Å². The summed E-state index contributed by atoms with van der Waals surface area (Å²) in [5.41, 5.74) is 0.785. The molecule has 0 spiro atoms. The lowest BCUT2D eigenvalue weighted by Gasteiger charge is -2.03. The maximum atomic E-state index is 10.2. The lowest BCUT2D eigenvalue weighted by atomic mass is 10.4. The monoisotopic (exact) mass is 139 g/mol. The minimum Gasteiger partial charge on any atom is -0.467 e. The minimum atomic E-state index is 0.740. The first-order valence-electron chi connectivity index (χ1n) is 2.97. The quantitative estimate of drug-likeness (QED) is 0.576. The van der Waals surface area contributed by atoms with E-state index in [0.29, 0.717) is 0 Å². The Morgan fingerprint density at radius 3 is 2.80 bits per heavy atom. The Labute approximate surface area is 59.2 Å². The van der Waals surface area contributed by atoms with E-state index in [1.165, 1.54) is 4.90 Å². The summed E-state index contributed by atoms with van der Waals surface area (Å²) in [5, 5.41) is 0. The van der Waals surface area contributed by atoms with Gasteiger partial charge in [0.25, 0.3) is 0 Å². The van der Waals surface area contributed by atoms with Gasteiger partial charge in [-0.3, -0.25) is 4.79 Å². The van der Waals surface area contributed by atoms with Crippen LogP contribution in [0, 0.1) is 6.92 Å². The van der Waals surface area contributed by atoms with Gasteiger partial charge in [-0.2, -0.15) is 0 Å². The molecule has 0 saturated heterocycles. The lowest BCUT2D eigenvalue weighted by molar-refractivity contribution is -0.107. The van der Waals surface area contributed by atoms with Crippen molar-refractivity contribution in [2.24, 2.45) is 0 Å². The van der Waals surface area contributed by atoms with Crippen molar-refractivity contribution in [3.8, 4) is 0 Å². The van der Waals surface area contributed by atoms with Crippen LogP contribution >= 0.6 is 0 Å². The molecule has 0 bridgehead atoms. The molecule has 0 unspecified atom stereocenters. The van der Waals surface area contributed by atoms with E-state index < -0.39 is 0 Å². The van der Waals surface area contributed by atoms with Gasteiger partial charge in [0.05, 0.1) is 5.69 Å². The van der Waals surface area contributed by atoms with E-state index in [1.54, 1.807) is 19.4 Å². The van der Waals surface area contributed by atoms with Crippen LogP contribution in [-0.4, -0.2) is 13.5 Å². The summed E-state index contributed by atoms with van der Waals surface area (Å²) in [7, 11) is 1.68. The summed E-state index contributed by atoms with van der Waals surface area (Å²) in [6.07, 6.45) is 2.29. The number of carbonyl (C=O) groups excluding carboxylic acids is 1. The predicted octanol–water partition coefficient (Wildman–Crippen LogP) is 1.18. The molecule has 0 saturated carbocycles. The number of rotatable bonds is 2. The van der Waals surface area contributed by atoms with Gasteiger partial charge in [0, 0.05) is 13.1 Å². The van der Waals surface area contributed by atoms with Crippen molar-refractivity contribution in [2.45, 2.75) is 6.92 Å². The smallest absolute Gasteiger partial charge is 0.213 e. The minimum absolute atomic E-state index is 0.740. The molecule has 1 rings (SSSR count). The number of aryl methyl sites for hydroxylation is 1. The highest BCUT2D eigenvalue weighted by atomic mass is 16.3. The molecule has 0 aliphatic carbocycles. The summed E-state index contributed by atoms with van der Waals surface area (Å²) in [6.45, 7) is 1.84. The Morgan fingerprint density at radius 1 is 1.70 bits per heavy atom. The molecule has 0 radical (unpaired) electrons. The van der Waals surface area contributed by atoms with Gasteiger partial charge in [-0.05, 0) is 6.92 Å². The van der Waals surface area contributed by atoms with Gasteiger partial charge in [-0.1, -0.05) is 0 Å². The van der Waals surface area contributed by atoms with Crippen molar-refractivity contribution in [2.75, 3.05) is 11.9 Å². The first kappa shape index (κ1) is 6.86. The molecule has 1 heterocycles.